The van der Waals surface area contributed by atoms with E-state index in [1.807, 2.05) is 12.1 Å². The van der Waals surface area contributed by atoms with Crippen LogP contribution in [0.2, 0.25) is 0 Å². The molecule has 0 aromatic heterocycles. The molecule has 2 aromatic rings. The molecule has 0 aliphatic carbocycles. The summed E-state index contributed by atoms with van der Waals surface area (Å²) in [5.74, 6) is 0.714. The maximum absolute atomic E-state index is 12.1. The Morgan fingerprint density at radius 1 is 1.22 bits per heavy atom. The van der Waals surface area contributed by atoms with E-state index in [2.05, 4.69) is 10.6 Å². The van der Waals surface area contributed by atoms with Gasteiger partial charge in [-0.15, -0.1) is 0 Å². The zero-order valence-corrected chi connectivity index (χ0v) is 12.5. The highest BCUT2D eigenvalue weighted by Crippen LogP contribution is 2.28. The van der Waals surface area contributed by atoms with Gasteiger partial charge in [0.2, 0.25) is 0 Å². The number of para-hydroxylation sites is 2. The standard InChI is InChI=1S/C17H16N2O4/c1-22-12-8-6-11(7-9-12)16(20)18-10-15-17(21)19-13-4-2-3-5-14(13)23-15/h2-9,15H,10H2,1H3,(H,18,20)(H,19,21). The minimum atomic E-state index is -0.757. The van der Waals surface area contributed by atoms with E-state index in [9.17, 15) is 9.59 Å². The molecular formula is C17H16N2O4. The van der Waals surface area contributed by atoms with Gasteiger partial charge in [0, 0.05) is 5.56 Å². The molecule has 6 nitrogen and oxygen atoms in total. The van der Waals surface area contributed by atoms with Crippen LogP contribution in [0.25, 0.3) is 0 Å². The predicted molar refractivity (Wildman–Crippen MR) is 84.8 cm³/mol. The van der Waals surface area contributed by atoms with Crippen molar-refractivity contribution in [1.82, 2.24) is 5.32 Å². The molecule has 1 heterocycles. The Balaban J connectivity index is 1.61. The third kappa shape index (κ3) is 3.26. The first-order chi connectivity index (χ1) is 11.2. The largest absolute Gasteiger partial charge is 0.497 e. The second-order valence-electron chi connectivity index (χ2n) is 5.03. The third-order valence-corrected chi connectivity index (χ3v) is 3.51. The molecule has 1 atom stereocenters. The monoisotopic (exact) mass is 312 g/mol. The second-order valence-corrected chi connectivity index (χ2v) is 5.03. The van der Waals surface area contributed by atoms with Gasteiger partial charge >= 0.3 is 0 Å². The Hall–Kier alpha value is -3.02. The van der Waals surface area contributed by atoms with Crippen LogP contribution in [0.15, 0.2) is 48.5 Å². The third-order valence-electron chi connectivity index (χ3n) is 3.51. The van der Waals surface area contributed by atoms with Crippen molar-refractivity contribution >= 4 is 17.5 Å². The van der Waals surface area contributed by atoms with Gasteiger partial charge in [0.15, 0.2) is 6.10 Å². The fraction of sp³-hybridized carbons (Fsp3) is 0.176. The minimum Gasteiger partial charge on any atom is -0.497 e. The summed E-state index contributed by atoms with van der Waals surface area (Å²) < 4.78 is 10.7. The lowest BCUT2D eigenvalue weighted by molar-refractivity contribution is -0.123. The van der Waals surface area contributed by atoms with Crippen LogP contribution in [-0.2, 0) is 4.79 Å². The topological polar surface area (TPSA) is 76.7 Å². The maximum Gasteiger partial charge on any atom is 0.267 e. The SMILES string of the molecule is COc1ccc(C(=O)NCC2Oc3ccccc3NC2=O)cc1. The molecule has 0 fully saturated rings. The fourth-order valence-corrected chi connectivity index (χ4v) is 2.26. The van der Waals surface area contributed by atoms with Gasteiger partial charge in [-0.3, -0.25) is 9.59 Å². The summed E-state index contributed by atoms with van der Waals surface area (Å²) in [6.07, 6.45) is -0.757. The molecule has 6 heteroatoms. The van der Waals surface area contributed by atoms with E-state index in [1.54, 1.807) is 43.5 Å². The Morgan fingerprint density at radius 2 is 1.96 bits per heavy atom. The lowest BCUT2D eigenvalue weighted by Crippen LogP contribution is -2.45. The molecule has 1 aliphatic heterocycles. The Labute approximate surface area is 133 Å². The van der Waals surface area contributed by atoms with Crippen molar-refractivity contribution in [1.29, 1.82) is 0 Å². The van der Waals surface area contributed by atoms with E-state index in [0.717, 1.165) is 0 Å². The number of rotatable bonds is 4. The molecule has 1 unspecified atom stereocenters. The number of benzene rings is 2. The lowest BCUT2D eigenvalue weighted by Gasteiger charge is -2.25. The molecular weight excluding hydrogens is 296 g/mol. The lowest BCUT2D eigenvalue weighted by atomic mass is 10.2. The molecule has 2 amide bonds. The summed E-state index contributed by atoms with van der Waals surface area (Å²) in [5, 5.41) is 5.46. The average Bonchev–Trinajstić information content (AvgIpc) is 2.59. The van der Waals surface area contributed by atoms with Gasteiger partial charge in [-0.25, -0.2) is 0 Å². The molecule has 2 N–H and O–H groups in total. The smallest absolute Gasteiger partial charge is 0.267 e. The van der Waals surface area contributed by atoms with Crippen molar-refractivity contribution in [3.8, 4) is 11.5 Å². The number of anilines is 1. The Morgan fingerprint density at radius 3 is 2.70 bits per heavy atom. The van der Waals surface area contributed by atoms with Crippen molar-refractivity contribution in [3.05, 3.63) is 54.1 Å². The van der Waals surface area contributed by atoms with Gasteiger partial charge in [-0.2, -0.15) is 0 Å². The van der Waals surface area contributed by atoms with Gasteiger partial charge in [0.1, 0.15) is 11.5 Å². The first kappa shape index (κ1) is 14.9. The summed E-state index contributed by atoms with van der Waals surface area (Å²) in [5.41, 5.74) is 1.12. The van der Waals surface area contributed by atoms with Crippen LogP contribution in [0.5, 0.6) is 11.5 Å². The molecule has 0 saturated carbocycles. The van der Waals surface area contributed by atoms with E-state index < -0.39 is 6.10 Å². The molecule has 3 rings (SSSR count). The number of carbonyl (C=O) groups is 2. The summed E-state index contributed by atoms with van der Waals surface area (Å²) >= 11 is 0. The quantitative estimate of drug-likeness (QED) is 0.903. The number of fused-ring (bicyclic) bond motifs is 1. The van der Waals surface area contributed by atoms with Crippen molar-refractivity contribution in [2.24, 2.45) is 0 Å². The van der Waals surface area contributed by atoms with Crippen molar-refractivity contribution in [2.45, 2.75) is 6.10 Å². The summed E-state index contributed by atoms with van der Waals surface area (Å²) in [6, 6.07) is 13.9. The number of hydrogen-bond donors (Lipinski definition) is 2. The van der Waals surface area contributed by atoms with E-state index in [4.69, 9.17) is 9.47 Å². The number of carbonyl (C=O) groups excluding carboxylic acids is 2. The summed E-state index contributed by atoms with van der Waals surface area (Å²) in [4.78, 5) is 24.1. The predicted octanol–water partition coefficient (Wildman–Crippen LogP) is 1.82. The molecule has 118 valence electrons. The highest BCUT2D eigenvalue weighted by Gasteiger charge is 2.27. The zero-order chi connectivity index (χ0) is 16.2. The number of ether oxygens (including phenoxy) is 2. The Kier molecular flexibility index (Phi) is 4.14. The van der Waals surface area contributed by atoms with Crippen LogP contribution in [-0.4, -0.2) is 31.6 Å². The number of methoxy groups -OCH3 is 1. The molecule has 0 spiro atoms. The van der Waals surface area contributed by atoms with E-state index in [1.165, 1.54) is 0 Å². The Bertz CT molecular complexity index is 728. The van der Waals surface area contributed by atoms with Crippen LogP contribution in [0.4, 0.5) is 5.69 Å². The fourth-order valence-electron chi connectivity index (χ4n) is 2.26. The maximum atomic E-state index is 12.1. The van der Waals surface area contributed by atoms with Crippen LogP contribution in [0.3, 0.4) is 0 Å². The highest BCUT2D eigenvalue weighted by atomic mass is 16.5. The average molecular weight is 312 g/mol. The molecule has 0 saturated heterocycles. The zero-order valence-electron chi connectivity index (χ0n) is 12.5. The van der Waals surface area contributed by atoms with E-state index in [-0.39, 0.29) is 18.4 Å². The van der Waals surface area contributed by atoms with Gasteiger partial charge in [0.25, 0.3) is 11.8 Å². The van der Waals surface area contributed by atoms with Crippen molar-refractivity contribution < 1.29 is 19.1 Å². The van der Waals surface area contributed by atoms with Crippen molar-refractivity contribution in [3.63, 3.8) is 0 Å². The van der Waals surface area contributed by atoms with Gasteiger partial charge in [-0.05, 0) is 36.4 Å². The van der Waals surface area contributed by atoms with Gasteiger partial charge < -0.3 is 20.1 Å². The summed E-state index contributed by atoms with van der Waals surface area (Å²) in [7, 11) is 1.56. The molecule has 23 heavy (non-hydrogen) atoms. The van der Waals surface area contributed by atoms with Gasteiger partial charge in [-0.1, -0.05) is 12.1 Å². The van der Waals surface area contributed by atoms with Crippen LogP contribution in [0, 0.1) is 0 Å². The molecule has 0 radical (unpaired) electrons. The summed E-state index contributed by atoms with van der Waals surface area (Å²) in [6.45, 7) is 0.0883. The van der Waals surface area contributed by atoms with Crippen LogP contribution in [0.1, 0.15) is 10.4 Å². The number of nitrogens with one attached hydrogen (secondary N) is 2. The van der Waals surface area contributed by atoms with Crippen LogP contribution >= 0.6 is 0 Å². The number of amides is 2. The van der Waals surface area contributed by atoms with Crippen LogP contribution < -0.4 is 20.1 Å². The van der Waals surface area contributed by atoms with E-state index >= 15 is 0 Å². The molecule has 1 aliphatic rings. The minimum absolute atomic E-state index is 0.0883. The van der Waals surface area contributed by atoms with Crippen molar-refractivity contribution in [2.75, 3.05) is 19.0 Å². The first-order valence-corrected chi connectivity index (χ1v) is 7.16. The molecule has 0 bridgehead atoms. The normalized spacial score (nSPS) is 15.9. The molecule has 2 aromatic carbocycles. The number of hydrogen-bond acceptors (Lipinski definition) is 4. The second kappa shape index (κ2) is 6.39. The highest BCUT2D eigenvalue weighted by molar-refractivity contribution is 5.99. The first-order valence-electron chi connectivity index (χ1n) is 7.16. The van der Waals surface area contributed by atoms with E-state index in [0.29, 0.717) is 22.7 Å². The van der Waals surface area contributed by atoms with Gasteiger partial charge in [0.05, 0.1) is 19.3 Å².